The van der Waals surface area contributed by atoms with E-state index in [2.05, 4.69) is 32.1 Å². The highest BCUT2D eigenvalue weighted by molar-refractivity contribution is 5.22. The van der Waals surface area contributed by atoms with Crippen LogP contribution in [-0.4, -0.2) is 0 Å². The molecule has 0 spiro atoms. The van der Waals surface area contributed by atoms with Crippen molar-refractivity contribution in [3.05, 3.63) is 23.8 Å². The summed E-state index contributed by atoms with van der Waals surface area (Å²) in [4.78, 5) is 0. The number of hydrogen-bond acceptors (Lipinski definition) is 0. The SMILES string of the molecule is CC1(C)C=CC=C2CCCCC2C1. The quantitative estimate of drug-likeness (QED) is 0.521. The third-order valence-electron chi connectivity index (χ3n) is 3.42. The summed E-state index contributed by atoms with van der Waals surface area (Å²) in [5, 5.41) is 0. The Morgan fingerprint density at radius 2 is 2.15 bits per heavy atom. The van der Waals surface area contributed by atoms with Gasteiger partial charge in [0, 0.05) is 0 Å². The lowest BCUT2D eigenvalue weighted by Crippen LogP contribution is -2.17. The smallest absolute Gasteiger partial charge is 0.0166 e. The molecule has 0 aromatic rings. The van der Waals surface area contributed by atoms with Gasteiger partial charge in [0.1, 0.15) is 0 Å². The second-order valence-corrected chi connectivity index (χ2v) is 5.24. The van der Waals surface area contributed by atoms with Crippen LogP contribution in [0.3, 0.4) is 0 Å². The van der Waals surface area contributed by atoms with Gasteiger partial charge >= 0.3 is 0 Å². The topological polar surface area (TPSA) is 0 Å². The first-order chi connectivity index (χ1) is 6.17. The van der Waals surface area contributed by atoms with E-state index in [1.54, 1.807) is 5.57 Å². The van der Waals surface area contributed by atoms with Gasteiger partial charge < -0.3 is 0 Å². The van der Waals surface area contributed by atoms with Crippen LogP contribution < -0.4 is 0 Å². The van der Waals surface area contributed by atoms with E-state index in [0.717, 1.165) is 5.92 Å². The highest BCUT2D eigenvalue weighted by atomic mass is 14.3. The van der Waals surface area contributed by atoms with Crippen molar-refractivity contribution in [3.8, 4) is 0 Å². The zero-order valence-electron chi connectivity index (χ0n) is 8.84. The predicted octanol–water partition coefficient (Wildman–Crippen LogP) is 4.09. The molecule has 13 heavy (non-hydrogen) atoms. The van der Waals surface area contributed by atoms with Crippen molar-refractivity contribution < 1.29 is 0 Å². The predicted molar refractivity (Wildman–Crippen MR) is 57.6 cm³/mol. The molecule has 0 nitrogen and oxygen atoms in total. The summed E-state index contributed by atoms with van der Waals surface area (Å²) in [7, 11) is 0. The molecular formula is C13H20. The molecule has 0 aliphatic heterocycles. The molecule has 0 aromatic heterocycles. The van der Waals surface area contributed by atoms with Crippen molar-refractivity contribution in [1.29, 1.82) is 0 Å². The minimum atomic E-state index is 0.417. The molecule has 1 unspecified atom stereocenters. The van der Waals surface area contributed by atoms with Gasteiger partial charge in [-0.15, -0.1) is 0 Å². The summed E-state index contributed by atoms with van der Waals surface area (Å²) in [5.74, 6) is 0.888. The summed E-state index contributed by atoms with van der Waals surface area (Å²) in [6, 6.07) is 0. The lowest BCUT2D eigenvalue weighted by molar-refractivity contribution is 0.322. The average Bonchev–Trinajstić information content (AvgIpc) is 2.21. The van der Waals surface area contributed by atoms with E-state index >= 15 is 0 Å². The largest absolute Gasteiger partial charge is 0.0788 e. The Labute approximate surface area is 81.7 Å². The van der Waals surface area contributed by atoms with E-state index in [1.807, 2.05) is 0 Å². The van der Waals surface area contributed by atoms with E-state index in [9.17, 15) is 0 Å². The van der Waals surface area contributed by atoms with Gasteiger partial charge in [-0.05, 0) is 37.0 Å². The van der Waals surface area contributed by atoms with Gasteiger partial charge in [-0.1, -0.05) is 44.1 Å². The second kappa shape index (κ2) is 3.32. The van der Waals surface area contributed by atoms with E-state index in [-0.39, 0.29) is 0 Å². The number of rotatable bonds is 0. The Kier molecular flexibility index (Phi) is 2.31. The van der Waals surface area contributed by atoms with Crippen LogP contribution >= 0.6 is 0 Å². The molecule has 0 amide bonds. The van der Waals surface area contributed by atoms with E-state index in [4.69, 9.17) is 0 Å². The van der Waals surface area contributed by atoms with Crippen LogP contribution in [0.2, 0.25) is 0 Å². The lowest BCUT2D eigenvalue weighted by atomic mass is 9.75. The van der Waals surface area contributed by atoms with Gasteiger partial charge in [-0.3, -0.25) is 0 Å². The fourth-order valence-corrected chi connectivity index (χ4v) is 2.70. The maximum absolute atomic E-state index is 2.37. The maximum Gasteiger partial charge on any atom is -0.0166 e. The number of hydrogen-bond donors (Lipinski definition) is 0. The fraction of sp³-hybridized carbons (Fsp3) is 0.692. The first-order valence-electron chi connectivity index (χ1n) is 5.56. The molecule has 0 N–H and O–H groups in total. The van der Waals surface area contributed by atoms with E-state index in [0.29, 0.717) is 5.41 Å². The molecule has 2 aliphatic rings. The fourth-order valence-electron chi connectivity index (χ4n) is 2.70. The Balaban J connectivity index is 2.17. The van der Waals surface area contributed by atoms with E-state index < -0.39 is 0 Å². The van der Waals surface area contributed by atoms with Crippen molar-refractivity contribution in [2.24, 2.45) is 11.3 Å². The van der Waals surface area contributed by atoms with Crippen LogP contribution in [0.4, 0.5) is 0 Å². The van der Waals surface area contributed by atoms with Gasteiger partial charge in [-0.25, -0.2) is 0 Å². The maximum atomic E-state index is 2.37. The summed E-state index contributed by atoms with van der Waals surface area (Å²) >= 11 is 0. The van der Waals surface area contributed by atoms with Crippen molar-refractivity contribution >= 4 is 0 Å². The molecule has 0 bridgehead atoms. The van der Waals surface area contributed by atoms with Gasteiger partial charge in [0.05, 0.1) is 0 Å². The van der Waals surface area contributed by atoms with Crippen LogP contribution in [0.15, 0.2) is 23.8 Å². The third-order valence-corrected chi connectivity index (χ3v) is 3.42. The molecule has 0 radical (unpaired) electrons. The molecule has 2 aliphatic carbocycles. The van der Waals surface area contributed by atoms with Gasteiger partial charge in [0.2, 0.25) is 0 Å². The van der Waals surface area contributed by atoms with Crippen LogP contribution in [0.5, 0.6) is 0 Å². The monoisotopic (exact) mass is 176 g/mol. The third kappa shape index (κ3) is 2.04. The molecule has 0 heteroatoms. The highest BCUT2D eigenvalue weighted by Crippen LogP contribution is 2.40. The van der Waals surface area contributed by atoms with Gasteiger partial charge in [-0.2, -0.15) is 0 Å². The molecule has 72 valence electrons. The first kappa shape index (κ1) is 9.05. The van der Waals surface area contributed by atoms with Gasteiger partial charge in [0.15, 0.2) is 0 Å². The van der Waals surface area contributed by atoms with Crippen LogP contribution in [0.25, 0.3) is 0 Å². The molecule has 1 fully saturated rings. The number of fused-ring (bicyclic) bond motifs is 1. The molecule has 1 saturated carbocycles. The molecule has 1 atom stereocenters. The van der Waals surface area contributed by atoms with Crippen molar-refractivity contribution in [1.82, 2.24) is 0 Å². The highest BCUT2D eigenvalue weighted by Gasteiger charge is 2.26. The standard InChI is InChI=1S/C13H20/c1-13(2)9-5-8-11-6-3-4-7-12(11)10-13/h5,8-9,12H,3-4,6-7,10H2,1-2H3. The summed E-state index contributed by atoms with van der Waals surface area (Å²) in [6.07, 6.45) is 14.0. The average molecular weight is 176 g/mol. The minimum absolute atomic E-state index is 0.417. The lowest BCUT2D eigenvalue weighted by Gasteiger charge is -2.30. The number of allylic oxidation sites excluding steroid dienone is 4. The van der Waals surface area contributed by atoms with Crippen LogP contribution in [-0.2, 0) is 0 Å². The summed E-state index contributed by atoms with van der Waals surface area (Å²) in [6.45, 7) is 4.71. The summed E-state index contributed by atoms with van der Waals surface area (Å²) < 4.78 is 0. The summed E-state index contributed by atoms with van der Waals surface area (Å²) in [5.41, 5.74) is 2.13. The zero-order valence-corrected chi connectivity index (χ0v) is 8.84. The first-order valence-corrected chi connectivity index (χ1v) is 5.56. The Bertz CT molecular complexity index is 243. The Morgan fingerprint density at radius 3 is 3.00 bits per heavy atom. The van der Waals surface area contributed by atoms with Gasteiger partial charge in [0.25, 0.3) is 0 Å². The minimum Gasteiger partial charge on any atom is -0.0788 e. The molecular weight excluding hydrogens is 156 g/mol. The molecule has 0 saturated heterocycles. The molecule has 2 rings (SSSR count). The Morgan fingerprint density at radius 1 is 1.31 bits per heavy atom. The van der Waals surface area contributed by atoms with Crippen molar-refractivity contribution in [3.63, 3.8) is 0 Å². The second-order valence-electron chi connectivity index (χ2n) is 5.24. The van der Waals surface area contributed by atoms with E-state index in [1.165, 1.54) is 32.1 Å². The Hall–Kier alpha value is -0.520. The molecule has 0 heterocycles. The van der Waals surface area contributed by atoms with Crippen molar-refractivity contribution in [2.45, 2.75) is 46.0 Å². The van der Waals surface area contributed by atoms with Crippen LogP contribution in [0.1, 0.15) is 46.0 Å². The zero-order chi connectivity index (χ0) is 9.31. The van der Waals surface area contributed by atoms with Crippen molar-refractivity contribution in [2.75, 3.05) is 0 Å². The normalized spacial score (nSPS) is 31.8. The molecule has 0 aromatic carbocycles. The van der Waals surface area contributed by atoms with Crippen LogP contribution in [0, 0.1) is 11.3 Å².